The predicted molar refractivity (Wildman–Crippen MR) is 82.2 cm³/mol. The van der Waals surface area contributed by atoms with Crippen LogP contribution in [0.1, 0.15) is 47.0 Å². The van der Waals surface area contributed by atoms with Gasteiger partial charge in [0.1, 0.15) is 5.54 Å². The molecule has 5 nitrogen and oxygen atoms in total. The fourth-order valence-electron chi connectivity index (χ4n) is 3.86. The van der Waals surface area contributed by atoms with Crippen molar-refractivity contribution in [2.75, 3.05) is 20.3 Å². The van der Waals surface area contributed by atoms with Crippen molar-refractivity contribution in [3.8, 4) is 0 Å². The molecule has 1 aliphatic carbocycles. The number of hydrogen-bond acceptors (Lipinski definition) is 5. The molecular formula is C16H30N2O3. The molecule has 2 fully saturated rings. The maximum atomic E-state index is 12.3. The molecule has 1 N–H and O–H groups in total. The van der Waals surface area contributed by atoms with E-state index in [1.807, 2.05) is 0 Å². The fraction of sp³-hybridized carbons (Fsp3) is 0.938. The second-order valence-corrected chi connectivity index (χ2v) is 6.96. The average Bonchev–Trinajstić information content (AvgIpc) is 2.85. The largest absolute Gasteiger partial charge is 0.468 e. The van der Waals surface area contributed by atoms with Crippen LogP contribution < -0.4 is 5.32 Å². The summed E-state index contributed by atoms with van der Waals surface area (Å²) in [6, 6.07) is 1.11. The lowest BCUT2D eigenvalue weighted by molar-refractivity contribution is -0.149. The maximum absolute atomic E-state index is 12.3. The van der Waals surface area contributed by atoms with Crippen LogP contribution in [0.2, 0.25) is 0 Å². The number of morpholine rings is 1. The Balaban J connectivity index is 2.10. The first-order valence-electron chi connectivity index (χ1n) is 8.11. The van der Waals surface area contributed by atoms with E-state index in [0.29, 0.717) is 12.1 Å². The van der Waals surface area contributed by atoms with Crippen LogP contribution in [0.5, 0.6) is 0 Å². The van der Waals surface area contributed by atoms with Gasteiger partial charge in [0.15, 0.2) is 0 Å². The molecule has 0 bridgehead atoms. The highest BCUT2D eigenvalue weighted by molar-refractivity contribution is 5.81. The summed E-state index contributed by atoms with van der Waals surface area (Å²) in [5.41, 5.74) is -0.519. The van der Waals surface area contributed by atoms with Gasteiger partial charge in [-0.15, -0.1) is 0 Å². The molecule has 4 unspecified atom stereocenters. The number of methoxy groups -OCH3 is 1. The highest BCUT2D eigenvalue weighted by Gasteiger charge is 2.49. The smallest absolute Gasteiger partial charge is 0.326 e. The lowest BCUT2D eigenvalue weighted by atomic mass is 9.95. The quantitative estimate of drug-likeness (QED) is 0.798. The fourth-order valence-corrected chi connectivity index (χ4v) is 3.86. The van der Waals surface area contributed by atoms with E-state index in [9.17, 15) is 4.79 Å². The van der Waals surface area contributed by atoms with Gasteiger partial charge in [-0.2, -0.15) is 0 Å². The SMILES string of the molecule is COC(=O)C1(NC(C)C)CCC(N2CC(C)OCC2C)C1. The normalized spacial score (nSPS) is 37.9. The molecule has 1 aliphatic heterocycles. The number of nitrogens with one attached hydrogen (secondary N) is 1. The van der Waals surface area contributed by atoms with E-state index in [2.05, 4.69) is 37.9 Å². The van der Waals surface area contributed by atoms with Gasteiger partial charge >= 0.3 is 5.97 Å². The monoisotopic (exact) mass is 298 g/mol. The highest BCUT2D eigenvalue weighted by Crippen LogP contribution is 2.36. The second kappa shape index (κ2) is 6.63. The van der Waals surface area contributed by atoms with Crippen LogP contribution in [0, 0.1) is 0 Å². The summed E-state index contributed by atoms with van der Waals surface area (Å²) in [5.74, 6) is -0.118. The van der Waals surface area contributed by atoms with Gasteiger partial charge in [0.05, 0.1) is 19.8 Å². The molecule has 2 rings (SSSR count). The third-order valence-corrected chi connectivity index (χ3v) is 4.75. The van der Waals surface area contributed by atoms with Crippen molar-refractivity contribution in [2.45, 2.75) is 76.7 Å². The highest BCUT2D eigenvalue weighted by atomic mass is 16.5. The molecule has 0 aromatic carbocycles. The third kappa shape index (κ3) is 3.58. The molecule has 1 saturated carbocycles. The Morgan fingerprint density at radius 2 is 2.14 bits per heavy atom. The predicted octanol–water partition coefficient (Wildman–Crippen LogP) is 1.56. The number of ether oxygens (including phenoxy) is 2. The molecule has 0 aromatic heterocycles. The molecule has 21 heavy (non-hydrogen) atoms. The summed E-state index contributed by atoms with van der Waals surface area (Å²) in [7, 11) is 1.48. The van der Waals surface area contributed by atoms with Crippen LogP contribution in [0.4, 0.5) is 0 Å². The van der Waals surface area contributed by atoms with Crippen LogP contribution in [-0.2, 0) is 14.3 Å². The van der Waals surface area contributed by atoms with Gasteiger partial charge in [0, 0.05) is 24.7 Å². The number of carbonyl (C=O) groups is 1. The van der Waals surface area contributed by atoms with E-state index in [4.69, 9.17) is 9.47 Å². The molecular weight excluding hydrogens is 268 g/mol. The van der Waals surface area contributed by atoms with Crippen LogP contribution >= 0.6 is 0 Å². The Morgan fingerprint density at radius 3 is 2.76 bits per heavy atom. The van der Waals surface area contributed by atoms with E-state index in [1.54, 1.807) is 0 Å². The van der Waals surface area contributed by atoms with Crippen molar-refractivity contribution in [3.05, 3.63) is 0 Å². The van der Waals surface area contributed by atoms with Gasteiger partial charge in [-0.1, -0.05) is 0 Å². The minimum Gasteiger partial charge on any atom is -0.468 e. The van der Waals surface area contributed by atoms with Crippen LogP contribution in [0.25, 0.3) is 0 Å². The van der Waals surface area contributed by atoms with Gasteiger partial charge in [0.25, 0.3) is 0 Å². The third-order valence-electron chi connectivity index (χ3n) is 4.75. The van der Waals surface area contributed by atoms with Crippen LogP contribution in [-0.4, -0.2) is 60.9 Å². The van der Waals surface area contributed by atoms with Gasteiger partial charge in [-0.05, 0) is 47.0 Å². The summed E-state index contributed by atoms with van der Waals surface area (Å²) in [5, 5.41) is 3.47. The summed E-state index contributed by atoms with van der Waals surface area (Å²) in [4.78, 5) is 14.8. The Hall–Kier alpha value is -0.650. The lowest BCUT2D eigenvalue weighted by Gasteiger charge is -2.41. The van der Waals surface area contributed by atoms with Crippen LogP contribution in [0.3, 0.4) is 0 Å². The minimum atomic E-state index is -0.519. The standard InChI is InChI=1S/C16H30N2O3/c1-11(2)17-16(15(19)20-5)7-6-14(8-16)18-9-13(4)21-10-12(18)3/h11-14,17H,6-10H2,1-5H3. The number of esters is 1. The summed E-state index contributed by atoms with van der Waals surface area (Å²) >= 11 is 0. The first kappa shape index (κ1) is 16.7. The number of carbonyl (C=O) groups excluding carboxylic acids is 1. The summed E-state index contributed by atoms with van der Waals surface area (Å²) in [6.07, 6.45) is 2.98. The van der Waals surface area contributed by atoms with E-state index < -0.39 is 5.54 Å². The molecule has 4 atom stereocenters. The van der Waals surface area contributed by atoms with E-state index >= 15 is 0 Å². The minimum absolute atomic E-state index is 0.118. The zero-order chi connectivity index (χ0) is 15.6. The van der Waals surface area contributed by atoms with Gasteiger partial charge in [-0.25, -0.2) is 0 Å². The second-order valence-electron chi connectivity index (χ2n) is 6.96. The Labute approximate surface area is 128 Å². The van der Waals surface area contributed by atoms with Crippen molar-refractivity contribution in [1.29, 1.82) is 0 Å². The van der Waals surface area contributed by atoms with Crippen LogP contribution in [0.15, 0.2) is 0 Å². The van der Waals surface area contributed by atoms with Crippen molar-refractivity contribution in [1.82, 2.24) is 10.2 Å². The summed E-state index contributed by atoms with van der Waals surface area (Å²) in [6.45, 7) is 10.2. The topological polar surface area (TPSA) is 50.8 Å². The molecule has 122 valence electrons. The van der Waals surface area contributed by atoms with Gasteiger partial charge in [0.2, 0.25) is 0 Å². The molecule has 1 saturated heterocycles. The molecule has 1 heterocycles. The van der Waals surface area contributed by atoms with E-state index in [-0.39, 0.29) is 18.1 Å². The maximum Gasteiger partial charge on any atom is 0.326 e. The average molecular weight is 298 g/mol. The Bertz CT molecular complexity index is 375. The van der Waals surface area contributed by atoms with E-state index in [0.717, 1.165) is 32.4 Å². The number of nitrogens with zero attached hydrogens (tertiary/aromatic N) is 1. The zero-order valence-corrected chi connectivity index (χ0v) is 14.0. The lowest BCUT2D eigenvalue weighted by Crippen LogP contribution is -2.56. The number of hydrogen-bond donors (Lipinski definition) is 1. The van der Waals surface area contributed by atoms with Crippen molar-refractivity contribution in [3.63, 3.8) is 0 Å². The van der Waals surface area contributed by atoms with Crippen molar-refractivity contribution < 1.29 is 14.3 Å². The molecule has 0 aromatic rings. The van der Waals surface area contributed by atoms with E-state index in [1.165, 1.54) is 7.11 Å². The van der Waals surface area contributed by atoms with Crippen molar-refractivity contribution in [2.24, 2.45) is 0 Å². The molecule has 0 radical (unpaired) electrons. The summed E-state index contributed by atoms with van der Waals surface area (Å²) < 4.78 is 10.8. The Morgan fingerprint density at radius 1 is 1.43 bits per heavy atom. The van der Waals surface area contributed by atoms with Gasteiger partial charge < -0.3 is 9.47 Å². The number of rotatable bonds is 4. The zero-order valence-electron chi connectivity index (χ0n) is 14.0. The van der Waals surface area contributed by atoms with Gasteiger partial charge in [-0.3, -0.25) is 15.0 Å². The molecule has 0 spiro atoms. The molecule has 2 aliphatic rings. The first-order valence-corrected chi connectivity index (χ1v) is 8.11. The van der Waals surface area contributed by atoms with Crippen molar-refractivity contribution >= 4 is 5.97 Å². The molecule has 5 heteroatoms. The first-order chi connectivity index (χ1) is 9.88. The molecule has 0 amide bonds. The Kier molecular flexibility index (Phi) is 5.28.